The van der Waals surface area contributed by atoms with Gasteiger partial charge in [0, 0.05) is 21.9 Å². The van der Waals surface area contributed by atoms with Gasteiger partial charge >= 0.3 is 8.24 Å². The largest absolute Gasteiger partial charge is 0.445 e. The van der Waals surface area contributed by atoms with Crippen molar-refractivity contribution < 1.29 is 31.9 Å². The van der Waals surface area contributed by atoms with Gasteiger partial charge in [0.15, 0.2) is 6.29 Å². The average molecular weight is 668 g/mol. The minimum absolute atomic E-state index is 0.292. The zero-order chi connectivity index (χ0) is 32.3. The van der Waals surface area contributed by atoms with Crippen molar-refractivity contribution in [3.63, 3.8) is 0 Å². The topological polar surface area (TPSA) is 84.8 Å². The summed E-state index contributed by atoms with van der Waals surface area (Å²) in [6.45, 7) is 0.292. The van der Waals surface area contributed by atoms with Crippen LogP contribution in [-0.4, -0.2) is 43.1 Å². The second kappa shape index (κ2) is 11.9. The molecule has 0 unspecified atom stereocenters. The van der Waals surface area contributed by atoms with Crippen LogP contribution >= 0.6 is 8.24 Å². The van der Waals surface area contributed by atoms with E-state index in [0.717, 1.165) is 43.4 Å². The zero-order valence-electron chi connectivity index (χ0n) is 26.1. The third-order valence-corrected chi connectivity index (χ3v) is 10.6. The van der Waals surface area contributed by atoms with Gasteiger partial charge in [-0.2, -0.15) is 0 Å². The van der Waals surface area contributed by atoms with Crippen molar-refractivity contribution in [3.8, 4) is 0 Å². The molecule has 8 nitrogen and oxygen atoms in total. The minimum Gasteiger partial charge on any atom is -0.445 e. The molecule has 7 aromatic rings. The molecule has 4 heterocycles. The van der Waals surface area contributed by atoms with E-state index in [1.165, 1.54) is 0 Å². The van der Waals surface area contributed by atoms with Gasteiger partial charge in [-0.05, 0) is 45.8 Å². The van der Waals surface area contributed by atoms with Crippen LogP contribution in [0.4, 0.5) is 0 Å². The molecule has 242 valence electrons. The first-order valence-corrected chi connectivity index (χ1v) is 17.5. The number of aliphatic imine (C=N–C) groups is 1. The van der Waals surface area contributed by atoms with Gasteiger partial charge in [0.2, 0.25) is 12.2 Å². The van der Waals surface area contributed by atoms with E-state index in [9.17, 15) is 0 Å². The average Bonchev–Trinajstić information content (AvgIpc) is 3.52. The lowest BCUT2D eigenvalue weighted by atomic mass is 9.96. The summed E-state index contributed by atoms with van der Waals surface area (Å²) in [7, 11) is -2.00. The van der Waals surface area contributed by atoms with Crippen LogP contribution in [0.1, 0.15) is 17.4 Å². The first-order chi connectivity index (χ1) is 24.3. The van der Waals surface area contributed by atoms with E-state index in [0.29, 0.717) is 23.7 Å². The Labute approximate surface area is 282 Å². The second-order valence-electron chi connectivity index (χ2n) is 12.4. The molecule has 0 saturated carbocycles. The summed E-state index contributed by atoms with van der Waals surface area (Å²) in [6.07, 6.45) is -2.95. The summed E-state index contributed by atoms with van der Waals surface area (Å²) in [5, 5.41) is 6.31. The molecule has 6 atom stereocenters. The van der Waals surface area contributed by atoms with Gasteiger partial charge in [0.25, 0.3) is 0 Å². The van der Waals surface area contributed by atoms with Gasteiger partial charge < -0.3 is 27.3 Å². The number of hydrogen-bond acceptors (Lipinski definition) is 8. The highest BCUT2D eigenvalue weighted by Gasteiger charge is 2.55. The molecule has 0 radical (unpaired) electrons. The summed E-state index contributed by atoms with van der Waals surface area (Å²) < 4.78 is 46.1. The molecule has 0 spiro atoms. The highest BCUT2D eigenvalue weighted by molar-refractivity contribution is 7.31. The second-order valence-corrected chi connectivity index (χ2v) is 13.4. The summed E-state index contributed by atoms with van der Waals surface area (Å²) in [5.41, 5.74) is 3.14. The lowest BCUT2D eigenvalue weighted by molar-refractivity contribution is -0.324. The van der Waals surface area contributed by atoms with E-state index in [2.05, 4.69) is 48.5 Å². The summed E-state index contributed by atoms with van der Waals surface area (Å²) in [4.78, 5) is 5.03. The molecule has 0 amide bonds. The van der Waals surface area contributed by atoms with Crippen LogP contribution in [0, 0.1) is 0 Å². The Morgan fingerprint density at radius 1 is 0.633 bits per heavy atom. The number of rotatable bonds is 4. The molecular formula is C40H30NO7P. The molecule has 0 bridgehead atoms. The van der Waals surface area contributed by atoms with E-state index in [-0.39, 0.29) is 0 Å². The molecular weight excluding hydrogens is 637 g/mol. The van der Waals surface area contributed by atoms with Crippen LogP contribution in [0.5, 0.6) is 0 Å². The molecule has 2 fully saturated rings. The van der Waals surface area contributed by atoms with Gasteiger partial charge in [-0.15, -0.1) is 0 Å². The van der Waals surface area contributed by atoms with Crippen LogP contribution < -0.4 is 4.52 Å². The van der Waals surface area contributed by atoms with Crippen molar-refractivity contribution in [1.82, 2.24) is 0 Å². The lowest BCUT2D eigenvalue weighted by Crippen LogP contribution is -2.62. The van der Waals surface area contributed by atoms with Crippen molar-refractivity contribution in [3.05, 3.63) is 145 Å². The highest BCUT2D eigenvalue weighted by Crippen LogP contribution is 2.44. The molecule has 2 saturated heterocycles. The van der Waals surface area contributed by atoms with Crippen molar-refractivity contribution in [2.45, 2.75) is 36.9 Å². The Hall–Kier alpha value is -4.95. The monoisotopic (exact) mass is 667 g/mol. The maximum absolute atomic E-state index is 6.97. The van der Waals surface area contributed by atoms with Crippen molar-refractivity contribution in [2.75, 3.05) is 6.61 Å². The summed E-state index contributed by atoms with van der Waals surface area (Å²) in [5.74, 6) is 0.493. The van der Waals surface area contributed by atoms with Crippen LogP contribution in [0.3, 0.4) is 0 Å². The normalized spacial score (nSPS) is 24.8. The first kappa shape index (κ1) is 29.0. The Morgan fingerprint density at radius 2 is 1.24 bits per heavy atom. The maximum atomic E-state index is 6.97. The quantitative estimate of drug-likeness (QED) is 0.185. The van der Waals surface area contributed by atoms with E-state index < -0.39 is 45.2 Å². The number of benzene rings is 6. The molecule has 10 rings (SSSR count). The number of fused-ring (bicyclic) bond motifs is 9. The van der Waals surface area contributed by atoms with Crippen LogP contribution in [0.25, 0.3) is 43.5 Å². The molecule has 3 aliphatic heterocycles. The predicted octanol–water partition coefficient (Wildman–Crippen LogP) is 9.08. The van der Waals surface area contributed by atoms with Gasteiger partial charge in [0.05, 0.1) is 6.61 Å². The van der Waals surface area contributed by atoms with Crippen molar-refractivity contribution >= 4 is 57.6 Å². The third-order valence-electron chi connectivity index (χ3n) is 9.48. The number of ether oxygens (including phenoxy) is 4. The first-order valence-electron chi connectivity index (χ1n) is 16.4. The van der Waals surface area contributed by atoms with Gasteiger partial charge in [-0.1, -0.05) is 109 Å². The Balaban J connectivity index is 1.15. The van der Waals surface area contributed by atoms with Gasteiger partial charge in [-0.25, -0.2) is 4.99 Å². The number of hydrogen-bond donors (Lipinski definition) is 0. The highest BCUT2D eigenvalue weighted by atomic mass is 31.1. The van der Waals surface area contributed by atoms with Crippen LogP contribution in [0.15, 0.2) is 147 Å². The Morgan fingerprint density at radius 3 is 1.92 bits per heavy atom. The van der Waals surface area contributed by atoms with E-state index in [1.807, 2.05) is 84.9 Å². The molecule has 0 N–H and O–H groups in total. The molecule has 9 heteroatoms. The summed E-state index contributed by atoms with van der Waals surface area (Å²) >= 11 is 0. The van der Waals surface area contributed by atoms with Crippen molar-refractivity contribution in [2.24, 2.45) is 4.99 Å². The van der Waals surface area contributed by atoms with Gasteiger partial charge in [0.1, 0.15) is 35.5 Å². The molecule has 0 aliphatic carbocycles. The molecule has 1 aromatic heterocycles. The maximum Gasteiger partial charge on any atom is 0.387 e. The molecule has 3 aliphatic rings. The Bertz CT molecular complexity index is 2320. The number of nitrogens with zero attached hydrogens (tertiary/aromatic N) is 1. The van der Waals surface area contributed by atoms with Gasteiger partial charge in [-0.3, -0.25) is 4.52 Å². The van der Waals surface area contributed by atoms with E-state index in [4.69, 9.17) is 36.9 Å². The standard InChI is InChI=1S/C40H30NO7P/c1-3-13-26(14-4-1)38-41-35-37(36-32(43-40(35)45-38)23-42-39(44-36)27-15-5-2-6-16-27)48-49-46-30-21-19-24-11-7-9-17-28(24)33(30)34-29-18-10-8-12-25(29)20-22-31(34)47-49/h1-22,32,35-37,39-40H,23H2/t32-,35-,36-,37-,39+,40-/m1/s1. The fraction of sp³-hybridized carbons (Fsp3) is 0.175. The third kappa shape index (κ3) is 5.03. The predicted molar refractivity (Wildman–Crippen MR) is 188 cm³/mol. The van der Waals surface area contributed by atoms with Crippen LogP contribution in [-0.2, 0) is 18.9 Å². The Kier molecular flexibility index (Phi) is 7.03. The van der Waals surface area contributed by atoms with E-state index >= 15 is 0 Å². The molecule has 49 heavy (non-hydrogen) atoms. The fourth-order valence-corrected chi connectivity index (χ4v) is 8.38. The molecule has 6 aromatic carbocycles. The zero-order valence-corrected chi connectivity index (χ0v) is 27.0. The summed E-state index contributed by atoms with van der Waals surface area (Å²) in [6, 6.07) is 44.0. The minimum atomic E-state index is -2.00. The fourth-order valence-electron chi connectivity index (χ4n) is 7.19. The smallest absolute Gasteiger partial charge is 0.387 e. The van der Waals surface area contributed by atoms with Crippen LogP contribution in [0.2, 0.25) is 0 Å². The van der Waals surface area contributed by atoms with Crippen molar-refractivity contribution in [1.29, 1.82) is 0 Å². The van der Waals surface area contributed by atoms with E-state index in [1.54, 1.807) is 0 Å². The SMILES string of the molecule is c1ccc(C2=N[C@H]3[C@@H](O2)O[C@@H]2CO[C@H](c4ccccc4)O[C@H]2[C@@H]3Op2oc3ccc4ccccc4c3c3c(ccc4ccccc43)o2)cc1. The lowest BCUT2D eigenvalue weighted by Gasteiger charge is -2.45.